The highest BCUT2D eigenvalue weighted by Crippen LogP contribution is 2.41. The van der Waals surface area contributed by atoms with E-state index in [4.69, 9.17) is 32.2 Å². The fourth-order valence-corrected chi connectivity index (χ4v) is 4.38. The van der Waals surface area contributed by atoms with Crippen molar-refractivity contribution in [2.24, 2.45) is 11.5 Å². The molecular formula is C30H28F3N5O5. The van der Waals surface area contributed by atoms with Crippen LogP contribution in [-0.2, 0) is 22.4 Å². The monoisotopic (exact) mass is 595 g/mol. The molecule has 4 aromatic rings. The fraction of sp³-hybridized carbons (Fsp3) is 0.200. The predicted octanol–water partition coefficient (Wildman–Crippen LogP) is 3.98. The lowest BCUT2D eigenvalue weighted by molar-refractivity contribution is -0.198. The zero-order valence-corrected chi connectivity index (χ0v) is 22.5. The van der Waals surface area contributed by atoms with Crippen LogP contribution in [0.2, 0.25) is 0 Å². The first-order valence-corrected chi connectivity index (χ1v) is 12.9. The number of anilines is 1. The number of hydrogen-bond donors (Lipinski definition) is 5. The Kier molecular flexibility index (Phi) is 9.27. The van der Waals surface area contributed by atoms with E-state index in [2.05, 4.69) is 9.97 Å². The minimum absolute atomic E-state index is 0.0572. The van der Waals surface area contributed by atoms with Gasteiger partial charge in [-0.05, 0) is 35.1 Å². The maximum Gasteiger partial charge on any atom is 0.429 e. The first kappa shape index (κ1) is 30.9. The van der Waals surface area contributed by atoms with Gasteiger partial charge in [-0.15, -0.1) is 0 Å². The summed E-state index contributed by atoms with van der Waals surface area (Å²) in [5.74, 6) is -3.03. The smallest absolute Gasteiger partial charge is 0.429 e. The van der Waals surface area contributed by atoms with Crippen LogP contribution in [0.15, 0.2) is 78.9 Å². The van der Waals surface area contributed by atoms with Gasteiger partial charge in [0, 0.05) is 17.2 Å². The third-order valence-corrected chi connectivity index (χ3v) is 6.56. The number of nitrogens with zero attached hydrogens (tertiary/aromatic N) is 2. The summed E-state index contributed by atoms with van der Waals surface area (Å²) in [4.78, 5) is 30.1. The van der Waals surface area contributed by atoms with E-state index in [9.17, 15) is 22.8 Å². The quantitative estimate of drug-likeness (QED) is 0.170. The van der Waals surface area contributed by atoms with Crippen LogP contribution < -0.4 is 21.9 Å². The molecule has 0 radical (unpaired) electrons. The lowest BCUT2D eigenvalue weighted by Gasteiger charge is -2.24. The average Bonchev–Trinajstić information content (AvgIpc) is 2.96. The van der Waals surface area contributed by atoms with E-state index in [0.29, 0.717) is 22.3 Å². The van der Waals surface area contributed by atoms with Gasteiger partial charge in [-0.25, -0.2) is 4.98 Å². The molecule has 43 heavy (non-hydrogen) atoms. The Hall–Kier alpha value is -5.01. The zero-order chi connectivity index (χ0) is 31.3. The molecular weight excluding hydrogens is 567 g/mol. The molecule has 0 aliphatic heterocycles. The third-order valence-electron chi connectivity index (χ3n) is 6.56. The second kappa shape index (κ2) is 12.9. The van der Waals surface area contributed by atoms with Crippen LogP contribution in [-0.4, -0.2) is 50.4 Å². The summed E-state index contributed by atoms with van der Waals surface area (Å²) >= 11 is 0. The first-order chi connectivity index (χ1) is 20.3. The molecule has 0 saturated carbocycles. The SMILES string of the molecule is Nc1nc(OC(c2ccccc2-c2ccc(C[C@H](N)C(=O)O)cc2)C(F)(F)F)cc(-c2ccc(C[C@H](N)C(=O)O)cc2)n1. The van der Waals surface area contributed by atoms with Crippen molar-refractivity contribution in [2.45, 2.75) is 37.2 Å². The van der Waals surface area contributed by atoms with Gasteiger partial charge in [0.15, 0.2) is 0 Å². The van der Waals surface area contributed by atoms with Crippen molar-refractivity contribution in [3.63, 3.8) is 0 Å². The van der Waals surface area contributed by atoms with Gasteiger partial charge in [-0.1, -0.05) is 72.8 Å². The Morgan fingerprint density at radius 2 is 1.30 bits per heavy atom. The molecule has 3 atom stereocenters. The number of aliphatic carboxylic acids is 2. The summed E-state index contributed by atoms with van der Waals surface area (Å²) in [6, 6.07) is 17.8. The number of alkyl halides is 3. The standard InChI is InChI=1S/C30H28F3N5O5/c31-30(32,33)26(21-4-2-1-3-20(21)18-9-5-16(6-10-18)13-22(34)27(39)40)43-25-15-24(37-29(36)38-25)19-11-7-17(8-12-19)14-23(35)28(41)42/h1-12,15,22-23,26H,13-14,34-35H2,(H,39,40)(H,41,42)(H2,36,37,38)/t22-,23-,26?/m0/s1. The number of benzene rings is 3. The number of carboxylic acids is 2. The van der Waals surface area contributed by atoms with Crippen LogP contribution in [0.5, 0.6) is 5.88 Å². The number of aromatic nitrogens is 2. The summed E-state index contributed by atoms with van der Waals surface area (Å²) in [5.41, 5.74) is 19.4. The van der Waals surface area contributed by atoms with Gasteiger partial charge < -0.3 is 32.2 Å². The number of nitrogen functional groups attached to an aromatic ring is 1. The van der Waals surface area contributed by atoms with Gasteiger partial charge >= 0.3 is 18.1 Å². The van der Waals surface area contributed by atoms with Crippen LogP contribution in [0.25, 0.3) is 22.4 Å². The molecule has 0 aliphatic rings. The van der Waals surface area contributed by atoms with Gasteiger partial charge in [-0.3, -0.25) is 9.59 Å². The van der Waals surface area contributed by atoms with Crippen molar-refractivity contribution in [1.29, 1.82) is 0 Å². The maximum absolute atomic E-state index is 14.5. The first-order valence-electron chi connectivity index (χ1n) is 12.9. The molecule has 0 spiro atoms. The number of carboxylic acid groups (broad SMARTS) is 2. The van der Waals surface area contributed by atoms with E-state index in [-0.39, 0.29) is 35.6 Å². The van der Waals surface area contributed by atoms with E-state index in [0.717, 1.165) is 0 Å². The van der Waals surface area contributed by atoms with Gasteiger partial charge in [0.25, 0.3) is 0 Å². The Morgan fingerprint density at radius 1 is 0.791 bits per heavy atom. The lowest BCUT2D eigenvalue weighted by Crippen LogP contribution is -2.32. The lowest BCUT2D eigenvalue weighted by atomic mass is 9.94. The summed E-state index contributed by atoms with van der Waals surface area (Å²) < 4.78 is 48.9. The van der Waals surface area contributed by atoms with Crippen LogP contribution >= 0.6 is 0 Å². The second-order valence-electron chi connectivity index (χ2n) is 9.77. The van der Waals surface area contributed by atoms with Crippen molar-refractivity contribution >= 4 is 17.9 Å². The minimum Gasteiger partial charge on any atom is -0.480 e. The highest BCUT2D eigenvalue weighted by molar-refractivity contribution is 5.74. The molecule has 3 aromatic carbocycles. The summed E-state index contributed by atoms with van der Waals surface area (Å²) in [7, 11) is 0. The van der Waals surface area contributed by atoms with Crippen LogP contribution in [0.1, 0.15) is 22.8 Å². The van der Waals surface area contributed by atoms with Crippen LogP contribution in [0, 0.1) is 0 Å². The zero-order valence-electron chi connectivity index (χ0n) is 22.5. The number of nitrogens with two attached hydrogens (primary N) is 3. The summed E-state index contributed by atoms with van der Waals surface area (Å²) in [5, 5.41) is 18.1. The molecule has 1 heterocycles. The largest absolute Gasteiger partial charge is 0.480 e. The second-order valence-corrected chi connectivity index (χ2v) is 9.77. The summed E-state index contributed by atoms with van der Waals surface area (Å²) in [6.45, 7) is 0. The number of rotatable bonds is 11. The minimum atomic E-state index is -4.85. The van der Waals surface area contributed by atoms with Gasteiger partial charge in [0.1, 0.15) is 12.1 Å². The molecule has 0 bridgehead atoms. The Labute approximate surface area is 244 Å². The molecule has 1 aromatic heterocycles. The maximum atomic E-state index is 14.5. The molecule has 224 valence electrons. The predicted molar refractivity (Wildman–Crippen MR) is 152 cm³/mol. The van der Waals surface area contributed by atoms with E-state index >= 15 is 0 Å². The summed E-state index contributed by atoms with van der Waals surface area (Å²) in [6.07, 6.45) is -7.14. The van der Waals surface area contributed by atoms with Crippen molar-refractivity contribution in [2.75, 3.05) is 5.73 Å². The Morgan fingerprint density at radius 3 is 1.81 bits per heavy atom. The molecule has 0 fully saturated rings. The molecule has 10 nitrogen and oxygen atoms in total. The van der Waals surface area contributed by atoms with Gasteiger partial charge in [0.2, 0.25) is 17.9 Å². The van der Waals surface area contributed by atoms with E-state index < -0.39 is 42.2 Å². The number of carbonyl (C=O) groups is 2. The number of hydrogen-bond acceptors (Lipinski definition) is 8. The molecule has 0 amide bonds. The van der Waals surface area contributed by atoms with Crippen LogP contribution in [0.4, 0.5) is 19.1 Å². The van der Waals surface area contributed by atoms with Crippen molar-refractivity contribution in [1.82, 2.24) is 9.97 Å². The topological polar surface area (TPSA) is 188 Å². The highest BCUT2D eigenvalue weighted by Gasteiger charge is 2.44. The average molecular weight is 596 g/mol. The molecule has 4 rings (SSSR count). The van der Waals surface area contributed by atoms with Gasteiger partial charge in [0.05, 0.1) is 5.69 Å². The Bertz CT molecular complexity index is 1600. The van der Waals surface area contributed by atoms with Crippen molar-refractivity contribution in [3.8, 4) is 28.3 Å². The van der Waals surface area contributed by atoms with E-state index in [1.807, 2.05) is 0 Å². The molecule has 0 aliphatic carbocycles. The van der Waals surface area contributed by atoms with E-state index in [1.54, 1.807) is 54.6 Å². The van der Waals surface area contributed by atoms with Crippen molar-refractivity contribution < 1.29 is 37.7 Å². The third kappa shape index (κ3) is 7.84. The normalized spacial score (nSPS) is 13.6. The van der Waals surface area contributed by atoms with Crippen molar-refractivity contribution in [3.05, 3.63) is 95.6 Å². The Balaban J connectivity index is 1.64. The molecule has 1 unspecified atom stereocenters. The molecule has 0 saturated heterocycles. The highest BCUT2D eigenvalue weighted by atomic mass is 19.4. The number of ether oxygens (including phenoxy) is 1. The molecule has 8 N–H and O–H groups in total. The van der Waals surface area contributed by atoms with Crippen LogP contribution in [0.3, 0.4) is 0 Å². The van der Waals surface area contributed by atoms with E-state index in [1.165, 1.54) is 24.3 Å². The van der Waals surface area contributed by atoms with Gasteiger partial charge in [-0.2, -0.15) is 18.2 Å². The fourth-order valence-electron chi connectivity index (χ4n) is 4.38. The molecule has 13 heteroatoms. The number of halogens is 3.